The number of hydrogen-bond donors (Lipinski definition) is 1. The summed E-state index contributed by atoms with van der Waals surface area (Å²) in [5, 5.41) is 3.31. The molecule has 0 bridgehead atoms. The van der Waals surface area contributed by atoms with Gasteiger partial charge in [0, 0.05) is 27.1 Å². The second-order valence-corrected chi connectivity index (χ2v) is 5.50. The molecule has 2 amide bonds. The van der Waals surface area contributed by atoms with Gasteiger partial charge in [0.1, 0.15) is 0 Å². The van der Waals surface area contributed by atoms with Crippen LogP contribution in [-0.4, -0.2) is 61.9 Å². The topological polar surface area (TPSA) is 52.7 Å². The van der Waals surface area contributed by atoms with Gasteiger partial charge >= 0.3 is 0 Å². The van der Waals surface area contributed by atoms with Gasteiger partial charge in [-0.15, -0.1) is 0 Å². The van der Waals surface area contributed by atoms with Crippen LogP contribution < -0.4 is 5.32 Å². The van der Waals surface area contributed by atoms with E-state index in [2.05, 4.69) is 5.32 Å². The van der Waals surface area contributed by atoms with Gasteiger partial charge in [0.2, 0.25) is 11.8 Å². The van der Waals surface area contributed by atoms with Gasteiger partial charge in [-0.2, -0.15) is 0 Å². The van der Waals surface area contributed by atoms with Crippen LogP contribution in [0, 0.1) is 5.92 Å². The minimum atomic E-state index is -0.00988. The summed E-state index contributed by atoms with van der Waals surface area (Å²) in [5.74, 6) is 0.727. The van der Waals surface area contributed by atoms with Crippen LogP contribution >= 0.6 is 0 Å². The van der Waals surface area contributed by atoms with Crippen molar-refractivity contribution in [2.24, 2.45) is 5.92 Å². The van der Waals surface area contributed by atoms with Crippen LogP contribution in [0.25, 0.3) is 0 Å². The fourth-order valence-corrected chi connectivity index (χ4v) is 2.31. The lowest BCUT2D eigenvalue weighted by Gasteiger charge is -2.24. The standard InChI is InChI=1S/C14H27N3O2/c1-4-9-17(11-14(19)16(2)3)13(18)6-5-12-7-8-15-10-12/h12,15H,4-11H2,1-3H3. The third-order valence-electron chi connectivity index (χ3n) is 3.60. The lowest BCUT2D eigenvalue weighted by atomic mass is 10.0. The van der Waals surface area contributed by atoms with E-state index < -0.39 is 0 Å². The highest BCUT2D eigenvalue weighted by atomic mass is 16.2. The van der Waals surface area contributed by atoms with Gasteiger partial charge in [0.05, 0.1) is 6.54 Å². The molecule has 1 aliphatic rings. The van der Waals surface area contributed by atoms with Gasteiger partial charge in [-0.05, 0) is 38.3 Å². The molecule has 0 saturated carbocycles. The highest BCUT2D eigenvalue weighted by Gasteiger charge is 2.20. The van der Waals surface area contributed by atoms with Crippen molar-refractivity contribution in [3.8, 4) is 0 Å². The predicted octanol–water partition coefficient (Wildman–Crippen LogP) is 0.703. The van der Waals surface area contributed by atoms with E-state index in [1.165, 1.54) is 4.90 Å². The summed E-state index contributed by atoms with van der Waals surface area (Å²) >= 11 is 0. The third-order valence-corrected chi connectivity index (χ3v) is 3.60. The van der Waals surface area contributed by atoms with Crippen molar-refractivity contribution in [1.29, 1.82) is 0 Å². The predicted molar refractivity (Wildman–Crippen MR) is 75.8 cm³/mol. The van der Waals surface area contributed by atoms with E-state index in [9.17, 15) is 9.59 Å². The first-order valence-corrected chi connectivity index (χ1v) is 7.23. The molecule has 110 valence electrons. The Bertz CT molecular complexity index is 299. The van der Waals surface area contributed by atoms with Crippen molar-refractivity contribution in [1.82, 2.24) is 15.1 Å². The zero-order valence-electron chi connectivity index (χ0n) is 12.4. The summed E-state index contributed by atoms with van der Waals surface area (Å²) in [6.45, 7) is 5.00. The molecular weight excluding hydrogens is 242 g/mol. The molecule has 0 radical (unpaired) electrons. The molecule has 0 aromatic carbocycles. The zero-order valence-corrected chi connectivity index (χ0v) is 12.4. The quantitative estimate of drug-likeness (QED) is 0.740. The first-order valence-electron chi connectivity index (χ1n) is 7.23. The number of hydrogen-bond acceptors (Lipinski definition) is 3. The molecule has 0 spiro atoms. The van der Waals surface area contributed by atoms with E-state index in [0.29, 0.717) is 18.9 Å². The molecule has 1 aliphatic heterocycles. The second-order valence-electron chi connectivity index (χ2n) is 5.50. The summed E-state index contributed by atoms with van der Waals surface area (Å²) in [6, 6.07) is 0. The van der Waals surface area contributed by atoms with Crippen LogP contribution in [0.3, 0.4) is 0 Å². The minimum Gasteiger partial charge on any atom is -0.347 e. The maximum atomic E-state index is 12.2. The van der Waals surface area contributed by atoms with Crippen LogP contribution in [0.5, 0.6) is 0 Å². The van der Waals surface area contributed by atoms with Crippen molar-refractivity contribution in [2.45, 2.75) is 32.6 Å². The molecule has 5 nitrogen and oxygen atoms in total. The Morgan fingerprint density at radius 3 is 2.53 bits per heavy atom. The second kappa shape index (κ2) is 8.15. The van der Waals surface area contributed by atoms with Crippen LogP contribution in [0.1, 0.15) is 32.6 Å². The molecule has 1 atom stereocenters. The molecule has 19 heavy (non-hydrogen) atoms. The van der Waals surface area contributed by atoms with Gasteiger partial charge in [-0.25, -0.2) is 0 Å². The molecule has 0 aromatic rings. The molecule has 1 unspecified atom stereocenters. The number of nitrogens with zero attached hydrogens (tertiary/aromatic N) is 2. The Morgan fingerprint density at radius 2 is 2.00 bits per heavy atom. The van der Waals surface area contributed by atoms with E-state index >= 15 is 0 Å². The zero-order chi connectivity index (χ0) is 14.3. The number of amides is 2. The molecule has 1 fully saturated rings. The van der Waals surface area contributed by atoms with E-state index in [1.807, 2.05) is 6.92 Å². The number of rotatable bonds is 7. The first kappa shape index (κ1) is 16.0. The van der Waals surface area contributed by atoms with Gasteiger partial charge in [-0.3, -0.25) is 9.59 Å². The molecule has 5 heteroatoms. The molecule has 1 saturated heterocycles. The third kappa shape index (κ3) is 5.59. The fourth-order valence-electron chi connectivity index (χ4n) is 2.31. The maximum Gasteiger partial charge on any atom is 0.241 e. The van der Waals surface area contributed by atoms with Gasteiger partial charge in [-0.1, -0.05) is 6.92 Å². The number of carbonyl (C=O) groups excluding carboxylic acids is 2. The first-order chi connectivity index (χ1) is 9.04. The lowest BCUT2D eigenvalue weighted by Crippen LogP contribution is -2.40. The normalized spacial score (nSPS) is 18.4. The van der Waals surface area contributed by atoms with Gasteiger partial charge < -0.3 is 15.1 Å². The van der Waals surface area contributed by atoms with Crippen molar-refractivity contribution < 1.29 is 9.59 Å². The SMILES string of the molecule is CCCN(CC(=O)N(C)C)C(=O)CCC1CCNC1. The Labute approximate surface area is 116 Å². The van der Waals surface area contributed by atoms with Crippen LogP contribution in [-0.2, 0) is 9.59 Å². The average molecular weight is 269 g/mol. The van der Waals surface area contributed by atoms with Crippen molar-refractivity contribution in [3.05, 3.63) is 0 Å². The number of carbonyl (C=O) groups is 2. The molecule has 0 aromatic heterocycles. The maximum absolute atomic E-state index is 12.2. The Kier molecular flexibility index (Phi) is 6.84. The number of likely N-dealkylation sites (N-methyl/N-ethyl adjacent to an activating group) is 1. The average Bonchev–Trinajstić information content (AvgIpc) is 2.88. The molecule has 0 aliphatic carbocycles. The highest BCUT2D eigenvalue weighted by molar-refractivity contribution is 5.84. The van der Waals surface area contributed by atoms with Crippen molar-refractivity contribution in [3.63, 3.8) is 0 Å². The Morgan fingerprint density at radius 1 is 1.26 bits per heavy atom. The fraction of sp³-hybridized carbons (Fsp3) is 0.857. The van der Waals surface area contributed by atoms with Crippen molar-refractivity contribution >= 4 is 11.8 Å². The van der Waals surface area contributed by atoms with Crippen molar-refractivity contribution in [2.75, 3.05) is 40.3 Å². The molecule has 1 heterocycles. The van der Waals surface area contributed by atoms with E-state index in [-0.39, 0.29) is 18.4 Å². The highest BCUT2D eigenvalue weighted by Crippen LogP contribution is 2.15. The van der Waals surface area contributed by atoms with E-state index in [4.69, 9.17) is 0 Å². The summed E-state index contributed by atoms with van der Waals surface area (Å²) in [6.07, 6.45) is 3.55. The van der Waals surface area contributed by atoms with Gasteiger partial charge in [0.15, 0.2) is 0 Å². The minimum absolute atomic E-state index is 0.00988. The largest absolute Gasteiger partial charge is 0.347 e. The van der Waals surface area contributed by atoms with E-state index in [0.717, 1.165) is 32.4 Å². The van der Waals surface area contributed by atoms with Crippen LogP contribution in [0.2, 0.25) is 0 Å². The monoisotopic (exact) mass is 269 g/mol. The molecule has 1 N–H and O–H groups in total. The van der Waals surface area contributed by atoms with Gasteiger partial charge in [0.25, 0.3) is 0 Å². The molecule has 1 rings (SSSR count). The summed E-state index contributed by atoms with van der Waals surface area (Å²) in [5.41, 5.74) is 0. The van der Waals surface area contributed by atoms with E-state index in [1.54, 1.807) is 19.0 Å². The smallest absolute Gasteiger partial charge is 0.241 e. The summed E-state index contributed by atoms with van der Waals surface area (Å²) in [4.78, 5) is 27.1. The van der Waals surface area contributed by atoms with Crippen LogP contribution in [0.15, 0.2) is 0 Å². The summed E-state index contributed by atoms with van der Waals surface area (Å²) < 4.78 is 0. The number of nitrogens with one attached hydrogen (secondary N) is 1. The Hall–Kier alpha value is -1.10. The molecular formula is C14H27N3O2. The Balaban J connectivity index is 2.40. The lowest BCUT2D eigenvalue weighted by molar-refractivity contribution is -0.139. The summed E-state index contributed by atoms with van der Waals surface area (Å²) in [7, 11) is 3.45. The van der Waals surface area contributed by atoms with Crippen LogP contribution in [0.4, 0.5) is 0 Å².